The predicted octanol–water partition coefficient (Wildman–Crippen LogP) is 4.58. The quantitative estimate of drug-likeness (QED) is 0.525. The van der Waals surface area contributed by atoms with Crippen LogP contribution >= 0.6 is 0 Å². The molecule has 0 saturated heterocycles. The van der Waals surface area contributed by atoms with Gasteiger partial charge in [0, 0.05) is 0 Å². The van der Waals surface area contributed by atoms with Crippen molar-refractivity contribution in [3.63, 3.8) is 0 Å². The van der Waals surface area contributed by atoms with Gasteiger partial charge in [-0.05, 0) is 31.6 Å². The molecule has 13 heavy (non-hydrogen) atoms. The van der Waals surface area contributed by atoms with Crippen molar-refractivity contribution in [3.05, 3.63) is 24.3 Å². The Balaban J connectivity index is 3.61. The van der Waals surface area contributed by atoms with Crippen molar-refractivity contribution in [2.24, 2.45) is 11.8 Å². The summed E-state index contributed by atoms with van der Waals surface area (Å²) >= 11 is 0. The molecule has 0 aliphatic rings. The van der Waals surface area contributed by atoms with Gasteiger partial charge in [-0.25, -0.2) is 0 Å². The molecule has 0 aromatic rings. The lowest BCUT2D eigenvalue weighted by Gasteiger charge is -2.04. The van der Waals surface area contributed by atoms with Crippen LogP contribution in [0, 0.1) is 11.8 Å². The van der Waals surface area contributed by atoms with E-state index in [0.29, 0.717) is 5.92 Å². The van der Waals surface area contributed by atoms with Gasteiger partial charge >= 0.3 is 0 Å². The van der Waals surface area contributed by atoms with E-state index < -0.39 is 0 Å². The zero-order valence-corrected chi connectivity index (χ0v) is 9.59. The Kier molecular flexibility index (Phi) is 7.77. The topological polar surface area (TPSA) is 0 Å². The SMILES string of the molecule is CC=CC(C)CC=CC(C)CCC. The summed E-state index contributed by atoms with van der Waals surface area (Å²) in [5, 5.41) is 0. The van der Waals surface area contributed by atoms with Gasteiger partial charge in [0.1, 0.15) is 0 Å². The third kappa shape index (κ3) is 7.83. The van der Waals surface area contributed by atoms with Crippen LogP contribution in [0.5, 0.6) is 0 Å². The van der Waals surface area contributed by atoms with Gasteiger partial charge in [0.2, 0.25) is 0 Å². The molecule has 0 rings (SSSR count). The molecule has 0 aromatic carbocycles. The minimum atomic E-state index is 0.690. The molecule has 0 fully saturated rings. The van der Waals surface area contributed by atoms with Crippen LogP contribution in [-0.2, 0) is 0 Å². The van der Waals surface area contributed by atoms with E-state index in [0.717, 1.165) is 5.92 Å². The van der Waals surface area contributed by atoms with Gasteiger partial charge in [0.05, 0.1) is 0 Å². The van der Waals surface area contributed by atoms with Crippen molar-refractivity contribution in [2.75, 3.05) is 0 Å². The standard InChI is InChI=1S/C13H24/c1-5-8-12(3)10-7-11-13(4)9-6-2/h5,7-8,11-13H,6,9-10H2,1-4H3. The fraction of sp³-hybridized carbons (Fsp3) is 0.692. The normalized spacial score (nSPS) is 16.9. The van der Waals surface area contributed by atoms with Gasteiger partial charge < -0.3 is 0 Å². The fourth-order valence-corrected chi connectivity index (χ4v) is 1.48. The predicted molar refractivity (Wildman–Crippen MR) is 61.8 cm³/mol. The second-order valence-corrected chi connectivity index (χ2v) is 3.93. The number of allylic oxidation sites excluding steroid dienone is 4. The highest BCUT2D eigenvalue weighted by molar-refractivity contribution is 4.92. The van der Waals surface area contributed by atoms with Crippen molar-refractivity contribution in [3.8, 4) is 0 Å². The Morgan fingerprint density at radius 3 is 2.31 bits per heavy atom. The zero-order valence-electron chi connectivity index (χ0n) is 9.59. The van der Waals surface area contributed by atoms with Gasteiger partial charge in [0.25, 0.3) is 0 Å². The molecule has 2 unspecified atom stereocenters. The van der Waals surface area contributed by atoms with Crippen LogP contribution in [0.15, 0.2) is 24.3 Å². The van der Waals surface area contributed by atoms with E-state index in [2.05, 4.69) is 52.0 Å². The molecular weight excluding hydrogens is 156 g/mol. The van der Waals surface area contributed by atoms with Crippen LogP contribution in [0.2, 0.25) is 0 Å². The van der Waals surface area contributed by atoms with E-state index in [9.17, 15) is 0 Å². The molecule has 0 heteroatoms. The average Bonchev–Trinajstić information content (AvgIpc) is 2.05. The molecule has 0 aliphatic heterocycles. The summed E-state index contributed by atoms with van der Waals surface area (Å²) in [6.07, 6.45) is 12.8. The van der Waals surface area contributed by atoms with Crippen LogP contribution in [0.3, 0.4) is 0 Å². The maximum absolute atomic E-state index is 2.35. The van der Waals surface area contributed by atoms with Gasteiger partial charge in [-0.1, -0.05) is 51.5 Å². The molecular formula is C13H24. The fourth-order valence-electron chi connectivity index (χ4n) is 1.48. The number of hydrogen-bond donors (Lipinski definition) is 0. The average molecular weight is 180 g/mol. The summed E-state index contributed by atoms with van der Waals surface area (Å²) in [5.41, 5.74) is 0. The number of hydrogen-bond acceptors (Lipinski definition) is 0. The van der Waals surface area contributed by atoms with Gasteiger partial charge in [-0.15, -0.1) is 0 Å². The number of rotatable bonds is 6. The van der Waals surface area contributed by atoms with Crippen molar-refractivity contribution in [1.29, 1.82) is 0 Å². The van der Waals surface area contributed by atoms with Crippen LogP contribution in [-0.4, -0.2) is 0 Å². The third-order valence-electron chi connectivity index (χ3n) is 2.24. The maximum atomic E-state index is 2.35. The highest BCUT2D eigenvalue weighted by Crippen LogP contribution is 2.10. The Morgan fingerprint density at radius 2 is 1.77 bits per heavy atom. The first-order chi connectivity index (χ1) is 6.20. The zero-order chi connectivity index (χ0) is 10.1. The summed E-state index contributed by atoms with van der Waals surface area (Å²) in [7, 11) is 0. The van der Waals surface area contributed by atoms with E-state index in [1.165, 1.54) is 19.3 Å². The molecule has 0 heterocycles. The van der Waals surface area contributed by atoms with Gasteiger partial charge in [0.15, 0.2) is 0 Å². The van der Waals surface area contributed by atoms with E-state index >= 15 is 0 Å². The summed E-state index contributed by atoms with van der Waals surface area (Å²) < 4.78 is 0. The highest BCUT2D eigenvalue weighted by Gasteiger charge is 1.95. The first kappa shape index (κ1) is 12.5. The van der Waals surface area contributed by atoms with Crippen molar-refractivity contribution in [2.45, 2.75) is 47.0 Å². The van der Waals surface area contributed by atoms with Gasteiger partial charge in [-0.3, -0.25) is 0 Å². The molecule has 0 bridgehead atoms. The summed E-state index contributed by atoms with van der Waals surface area (Å²) in [6.45, 7) is 8.88. The Bertz CT molecular complexity index is 153. The summed E-state index contributed by atoms with van der Waals surface area (Å²) in [4.78, 5) is 0. The Hall–Kier alpha value is -0.520. The van der Waals surface area contributed by atoms with Crippen LogP contribution in [0.1, 0.15) is 47.0 Å². The summed E-state index contributed by atoms with van der Waals surface area (Å²) in [5.74, 6) is 1.44. The molecule has 0 radical (unpaired) electrons. The van der Waals surface area contributed by atoms with E-state index in [1.54, 1.807) is 0 Å². The van der Waals surface area contributed by atoms with E-state index in [-0.39, 0.29) is 0 Å². The molecule has 76 valence electrons. The lowest BCUT2D eigenvalue weighted by atomic mass is 10.0. The minimum absolute atomic E-state index is 0.690. The molecule has 0 N–H and O–H groups in total. The van der Waals surface area contributed by atoms with Crippen molar-refractivity contribution >= 4 is 0 Å². The second-order valence-electron chi connectivity index (χ2n) is 3.93. The van der Waals surface area contributed by atoms with Crippen molar-refractivity contribution in [1.82, 2.24) is 0 Å². The van der Waals surface area contributed by atoms with Gasteiger partial charge in [-0.2, -0.15) is 0 Å². The summed E-state index contributed by atoms with van der Waals surface area (Å²) in [6, 6.07) is 0. The molecule has 0 aromatic heterocycles. The first-order valence-corrected chi connectivity index (χ1v) is 5.50. The Labute approximate surface area is 83.7 Å². The lowest BCUT2D eigenvalue weighted by Crippen LogP contribution is -1.89. The molecule has 0 nitrogen and oxygen atoms in total. The highest BCUT2D eigenvalue weighted by atomic mass is 14.0. The third-order valence-corrected chi connectivity index (χ3v) is 2.24. The van der Waals surface area contributed by atoms with E-state index in [1.807, 2.05) is 0 Å². The molecule has 0 amide bonds. The molecule has 2 atom stereocenters. The molecule has 0 saturated carbocycles. The van der Waals surface area contributed by atoms with Crippen LogP contribution in [0.25, 0.3) is 0 Å². The second kappa shape index (κ2) is 8.10. The molecule has 0 aliphatic carbocycles. The minimum Gasteiger partial charge on any atom is -0.0914 e. The monoisotopic (exact) mass is 180 g/mol. The van der Waals surface area contributed by atoms with Crippen LogP contribution < -0.4 is 0 Å². The van der Waals surface area contributed by atoms with Crippen molar-refractivity contribution < 1.29 is 0 Å². The van der Waals surface area contributed by atoms with Crippen LogP contribution in [0.4, 0.5) is 0 Å². The largest absolute Gasteiger partial charge is 0.0914 e. The first-order valence-electron chi connectivity index (χ1n) is 5.50. The lowest BCUT2D eigenvalue weighted by molar-refractivity contribution is 0.628. The smallest absolute Gasteiger partial charge is 0.0227 e. The van der Waals surface area contributed by atoms with E-state index in [4.69, 9.17) is 0 Å². The Morgan fingerprint density at radius 1 is 1.08 bits per heavy atom. The molecule has 0 spiro atoms. The maximum Gasteiger partial charge on any atom is -0.0227 e.